The predicted octanol–water partition coefficient (Wildman–Crippen LogP) is 5.38. The van der Waals surface area contributed by atoms with E-state index in [1.807, 2.05) is 6.07 Å². The van der Waals surface area contributed by atoms with Crippen LogP contribution in [-0.4, -0.2) is 4.92 Å². The molecule has 3 aromatic rings. The first-order valence-electron chi connectivity index (χ1n) is 8.40. The van der Waals surface area contributed by atoms with E-state index in [4.69, 9.17) is 4.74 Å². The minimum atomic E-state index is -0.452. The second-order valence-corrected chi connectivity index (χ2v) is 5.93. The summed E-state index contributed by atoms with van der Waals surface area (Å²) >= 11 is 0. The van der Waals surface area contributed by atoms with E-state index in [1.54, 1.807) is 60.7 Å². The molecule has 5 nitrogen and oxygen atoms in total. The average Bonchev–Trinajstić information content (AvgIpc) is 2.72. The molecule has 0 aliphatic rings. The molecular formula is C22H15FN2O3. The standard InChI is InChI=1S/C22H15FN2O3/c23-22-7-2-1-6-21(22)18(14-24)12-16-8-10-20(11-9-16)28-15-17-4-3-5-19(13-17)25(26)27/h1-13H,15H2. The van der Waals surface area contributed by atoms with Crippen LogP contribution in [0.25, 0.3) is 11.6 Å². The van der Waals surface area contributed by atoms with Crippen LogP contribution < -0.4 is 4.74 Å². The maximum atomic E-state index is 13.9. The van der Waals surface area contributed by atoms with Crippen molar-refractivity contribution in [3.05, 3.63) is 105 Å². The van der Waals surface area contributed by atoms with Gasteiger partial charge in [-0.05, 0) is 35.4 Å². The van der Waals surface area contributed by atoms with E-state index in [9.17, 15) is 19.8 Å². The number of non-ortho nitro benzene ring substituents is 1. The van der Waals surface area contributed by atoms with Gasteiger partial charge in [-0.15, -0.1) is 0 Å². The first kappa shape index (κ1) is 18.8. The number of benzene rings is 3. The topological polar surface area (TPSA) is 76.2 Å². The summed E-state index contributed by atoms with van der Waals surface area (Å²) in [4.78, 5) is 10.4. The Bertz CT molecular complexity index is 1070. The van der Waals surface area contributed by atoms with Crippen LogP contribution in [0.2, 0.25) is 0 Å². The zero-order valence-corrected chi connectivity index (χ0v) is 14.7. The number of rotatable bonds is 6. The molecule has 28 heavy (non-hydrogen) atoms. The number of nitro groups is 1. The number of nitro benzene ring substituents is 1. The minimum absolute atomic E-state index is 0.0127. The van der Waals surface area contributed by atoms with Crippen LogP contribution in [0.1, 0.15) is 16.7 Å². The summed E-state index contributed by atoms with van der Waals surface area (Å²) in [5, 5.41) is 20.1. The van der Waals surface area contributed by atoms with E-state index in [-0.39, 0.29) is 23.4 Å². The van der Waals surface area contributed by atoms with Gasteiger partial charge in [0.2, 0.25) is 0 Å². The molecule has 0 aliphatic heterocycles. The average molecular weight is 374 g/mol. The summed E-state index contributed by atoms with van der Waals surface area (Å²) in [6.07, 6.45) is 1.60. The molecule has 3 aromatic carbocycles. The Labute approximate surface area is 161 Å². The molecule has 0 aromatic heterocycles. The third-order valence-corrected chi connectivity index (χ3v) is 4.00. The molecule has 0 N–H and O–H groups in total. The second-order valence-electron chi connectivity index (χ2n) is 5.93. The third-order valence-electron chi connectivity index (χ3n) is 4.00. The summed E-state index contributed by atoms with van der Waals surface area (Å²) in [6.45, 7) is 0.190. The predicted molar refractivity (Wildman–Crippen MR) is 104 cm³/mol. The molecule has 0 aliphatic carbocycles. The number of ether oxygens (including phenoxy) is 1. The van der Waals surface area contributed by atoms with Crippen LogP contribution in [0.4, 0.5) is 10.1 Å². The van der Waals surface area contributed by atoms with Crippen LogP contribution in [0.5, 0.6) is 5.75 Å². The highest BCUT2D eigenvalue weighted by Crippen LogP contribution is 2.22. The van der Waals surface area contributed by atoms with Crippen LogP contribution in [0, 0.1) is 27.3 Å². The van der Waals surface area contributed by atoms with Gasteiger partial charge in [0.1, 0.15) is 18.2 Å². The lowest BCUT2D eigenvalue weighted by Crippen LogP contribution is -1.97. The molecule has 6 heteroatoms. The molecule has 0 unspecified atom stereocenters. The molecule has 0 spiro atoms. The number of nitrogens with zero attached hydrogens (tertiary/aromatic N) is 2. The van der Waals surface area contributed by atoms with Gasteiger partial charge < -0.3 is 4.74 Å². The highest BCUT2D eigenvalue weighted by Gasteiger charge is 2.08. The number of hydrogen-bond donors (Lipinski definition) is 0. The van der Waals surface area contributed by atoms with Crippen molar-refractivity contribution in [1.29, 1.82) is 5.26 Å². The lowest BCUT2D eigenvalue weighted by molar-refractivity contribution is -0.384. The Morgan fingerprint density at radius 2 is 1.86 bits per heavy atom. The van der Waals surface area contributed by atoms with Gasteiger partial charge in [0.05, 0.1) is 16.6 Å². The smallest absolute Gasteiger partial charge is 0.269 e. The first-order chi connectivity index (χ1) is 13.6. The second kappa shape index (κ2) is 8.60. The Hall–Kier alpha value is -3.98. The van der Waals surface area contributed by atoms with Gasteiger partial charge in [-0.3, -0.25) is 10.1 Å². The molecule has 0 saturated heterocycles. The zero-order valence-electron chi connectivity index (χ0n) is 14.7. The lowest BCUT2D eigenvalue weighted by Gasteiger charge is -2.07. The fourth-order valence-electron chi connectivity index (χ4n) is 2.60. The molecule has 138 valence electrons. The molecule has 0 saturated carbocycles. The van der Waals surface area contributed by atoms with Crippen molar-refractivity contribution in [3.63, 3.8) is 0 Å². The first-order valence-corrected chi connectivity index (χ1v) is 8.40. The molecule has 0 amide bonds. The monoisotopic (exact) mass is 374 g/mol. The summed E-state index contributed by atoms with van der Waals surface area (Å²) in [5.41, 5.74) is 1.89. The lowest BCUT2D eigenvalue weighted by atomic mass is 10.0. The Balaban J connectivity index is 1.71. The summed E-state index contributed by atoms with van der Waals surface area (Å²) in [7, 11) is 0. The fraction of sp³-hybridized carbons (Fsp3) is 0.0455. The van der Waals surface area contributed by atoms with E-state index in [1.165, 1.54) is 18.2 Å². The van der Waals surface area contributed by atoms with Crippen molar-refractivity contribution in [2.75, 3.05) is 0 Å². The molecule has 0 bridgehead atoms. The van der Waals surface area contributed by atoms with Gasteiger partial charge in [0.15, 0.2) is 0 Å². The zero-order chi connectivity index (χ0) is 19.9. The van der Waals surface area contributed by atoms with Gasteiger partial charge in [-0.2, -0.15) is 5.26 Å². The van der Waals surface area contributed by atoms with E-state index >= 15 is 0 Å². The van der Waals surface area contributed by atoms with Crippen LogP contribution in [0.3, 0.4) is 0 Å². The van der Waals surface area contributed by atoms with Gasteiger partial charge in [-0.1, -0.05) is 42.5 Å². The Morgan fingerprint density at radius 3 is 2.54 bits per heavy atom. The van der Waals surface area contributed by atoms with Crippen LogP contribution in [0.15, 0.2) is 72.8 Å². The molecule has 3 rings (SSSR count). The van der Waals surface area contributed by atoms with Crippen molar-refractivity contribution in [2.45, 2.75) is 6.61 Å². The minimum Gasteiger partial charge on any atom is -0.489 e. The fourth-order valence-corrected chi connectivity index (χ4v) is 2.60. The van der Waals surface area contributed by atoms with E-state index in [0.717, 1.165) is 5.56 Å². The van der Waals surface area contributed by atoms with Crippen molar-refractivity contribution in [3.8, 4) is 11.8 Å². The molecule has 0 atom stereocenters. The van der Waals surface area contributed by atoms with Gasteiger partial charge in [0.25, 0.3) is 5.69 Å². The van der Waals surface area contributed by atoms with Crippen molar-refractivity contribution >= 4 is 17.3 Å². The third kappa shape index (κ3) is 4.59. The highest BCUT2D eigenvalue weighted by atomic mass is 19.1. The quantitative estimate of drug-likeness (QED) is 0.251. The van der Waals surface area contributed by atoms with E-state index < -0.39 is 10.7 Å². The van der Waals surface area contributed by atoms with Crippen molar-refractivity contribution in [1.82, 2.24) is 0 Å². The van der Waals surface area contributed by atoms with Crippen LogP contribution >= 0.6 is 0 Å². The van der Waals surface area contributed by atoms with E-state index in [2.05, 4.69) is 0 Å². The summed E-state index contributed by atoms with van der Waals surface area (Å²) in [6, 6.07) is 21.3. The Morgan fingerprint density at radius 1 is 1.11 bits per heavy atom. The number of allylic oxidation sites excluding steroid dienone is 1. The van der Waals surface area contributed by atoms with Gasteiger partial charge in [0, 0.05) is 17.7 Å². The molecule has 0 heterocycles. The van der Waals surface area contributed by atoms with Crippen LogP contribution in [-0.2, 0) is 6.61 Å². The summed E-state index contributed by atoms with van der Waals surface area (Å²) < 4.78 is 19.5. The Kier molecular flexibility index (Phi) is 5.78. The number of hydrogen-bond acceptors (Lipinski definition) is 4. The maximum absolute atomic E-state index is 13.9. The van der Waals surface area contributed by atoms with Gasteiger partial charge >= 0.3 is 0 Å². The van der Waals surface area contributed by atoms with E-state index in [0.29, 0.717) is 11.3 Å². The van der Waals surface area contributed by atoms with Crippen molar-refractivity contribution < 1.29 is 14.1 Å². The highest BCUT2D eigenvalue weighted by molar-refractivity contribution is 5.89. The van der Waals surface area contributed by atoms with Crippen molar-refractivity contribution in [2.24, 2.45) is 0 Å². The van der Waals surface area contributed by atoms with Gasteiger partial charge in [-0.25, -0.2) is 4.39 Å². The molecular weight excluding hydrogens is 359 g/mol. The number of nitriles is 1. The largest absolute Gasteiger partial charge is 0.489 e. The maximum Gasteiger partial charge on any atom is 0.269 e. The summed E-state index contributed by atoms with van der Waals surface area (Å²) in [5.74, 6) is 0.125. The normalized spacial score (nSPS) is 10.9. The SMILES string of the molecule is N#CC(=Cc1ccc(OCc2cccc([N+](=O)[O-])c2)cc1)c1ccccc1F. The molecule has 0 radical (unpaired) electrons. The molecule has 0 fully saturated rings. The number of halogens is 1.